The fourth-order valence-corrected chi connectivity index (χ4v) is 2.76. The van der Waals surface area contributed by atoms with Crippen molar-refractivity contribution in [2.24, 2.45) is 10.9 Å². The largest absolute Gasteiger partial charge is 0.376 e. The molecule has 0 saturated carbocycles. The van der Waals surface area contributed by atoms with Crippen LogP contribution in [-0.4, -0.2) is 38.2 Å². The number of benzene rings is 1. The number of ether oxygens (including phenoxy) is 1. The Bertz CT molecular complexity index is 587. The van der Waals surface area contributed by atoms with Gasteiger partial charge < -0.3 is 20.7 Å². The zero-order chi connectivity index (χ0) is 18.1. The van der Waals surface area contributed by atoms with E-state index in [-0.39, 0.29) is 36.0 Å². The van der Waals surface area contributed by atoms with Gasteiger partial charge in [-0.2, -0.15) is 0 Å². The molecule has 0 spiro atoms. The molecule has 1 fully saturated rings. The van der Waals surface area contributed by atoms with Crippen molar-refractivity contribution in [3.63, 3.8) is 0 Å². The van der Waals surface area contributed by atoms with Crippen molar-refractivity contribution in [2.75, 3.05) is 25.5 Å². The van der Waals surface area contributed by atoms with Crippen LogP contribution in [0.2, 0.25) is 0 Å². The van der Waals surface area contributed by atoms with Gasteiger partial charge in [0.15, 0.2) is 5.96 Å². The summed E-state index contributed by atoms with van der Waals surface area (Å²) in [6, 6.07) is 7.87. The number of amides is 1. The summed E-state index contributed by atoms with van der Waals surface area (Å²) in [5, 5.41) is 9.54. The average Bonchev–Trinajstić information content (AvgIpc) is 3.08. The van der Waals surface area contributed by atoms with Crippen LogP contribution in [0.25, 0.3) is 0 Å². The topological polar surface area (TPSA) is 74.8 Å². The van der Waals surface area contributed by atoms with Gasteiger partial charge in [-0.05, 0) is 36.5 Å². The number of anilines is 1. The highest BCUT2D eigenvalue weighted by Crippen LogP contribution is 2.12. The molecule has 1 aromatic rings. The van der Waals surface area contributed by atoms with Gasteiger partial charge in [0.25, 0.3) is 0 Å². The second-order valence-corrected chi connectivity index (χ2v) is 6.79. The molecule has 1 aliphatic rings. The minimum absolute atomic E-state index is 0. The van der Waals surface area contributed by atoms with Crippen molar-refractivity contribution in [1.82, 2.24) is 10.6 Å². The number of aliphatic imine (C=N–C) groups is 1. The zero-order valence-electron chi connectivity index (χ0n) is 15.9. The summed E-state index contributed by atoms with van der Waals surface area (Å²) in [6.45, 7) is 6.34. The van der Waals surface area contributed by atoms with E-state index in [1.807, 2.05) is 38.1 Å². The quantitative estimate of drug-likeness (QED) is 0.323. The van der Waals surface area contributed by atoms with Gasteiger partial charge >= 0.3 is 0 Å². The third-order valence-electron chi connectivity index (χ3n) is 4.01. The molecule has 6 nitrogen and oxygen atoms in total. The number of rotatable bonds is 7. The van der Waals surface area contributed by atoms with E-state index in [4.69, 9.17) is 4.74 Å². The van der Waals surface area contributed by atoms with Gasteiger partial charge in [-0.15, -0.1) is 24.0 Å². The van der Waals surface area contributed by atoms with Crippen molar-refractivity contribution in [3.8, 4) is 0 Å². The van der Waals surface area contributed by atoms with E-state index in [9.17, 15) is 4.79 Å². The molecule has 0 aliphatic carbocycles. The van der Waals surface area contributed by atoms with Crippen LogP contribution < -0.4 is 16.0 Å². The van der Waals surface area contributed by atoms with E-state index in [2.05, 4.69) is 20.9 Å². The second kappa shape index (κ2) is 12.1. The van der Waals surface area contributed by atoms with E-state index < -0.39 is 0 Å². The molecule has 3 N–H and O–H groups in total. The summed E-state index contributed by atoms with van der Waals surface area (Å²) in [5.41, 5.74) is 1.91. The Morgan fingerprint density at radius 3 is 2.81 bits per heavy atom. The zero-order valence-corrected chi connectivity index (χ0v) is 18.2. The number of halogens is 1. The Balaban J connectivity index is 0.00000338. The van der Waals surface area contributed by atoms with Gasteiger partial charge in [-0.3, -0.25) is 9.79 Å². The van der Waals surface area contributed by atoms with Gasteiger partial charge in [-0.1, -0.05) is 26.0 Å². The fourth-order valence-electron chi connectivity index (χ4n) is 2.76. The molecular weight excluding hydrogens is 443 g/mol. The number of hydrogen-bond donors (Lipinski definition) is 3. The maximum Gasteiger partial charge on any atom is 0.224 e. The molecule has 26 heavy (non-hydrogen) atoms. The summed E-state index contributed by atoms with van der Waals surface area (Å²) in [7, 11) is 1.76. The maximum absolute atomic E-state index is 11.9. The molecule has 1 unspecified atom stereocenters. The van der Waals surface area contributed by atoms with Crippen LogP contribution in [-0.2, 0) is 16.1 Å². The van der Waals surface area contributed by atoms with Crippen molar-refractivity contribution in [2.45, 2.75) is 45.8 Å². The Kier molecular flexibility index (Phi) is 10.6. The molecular formula is C19H31IN4O2. The van der Waals surface area contributed by atoms with Crippen LogP contribution in [0.1, 0.15) is 38.7 Å². The molecule has 2 rings (SSSR count). The lowest BCUT2D eigenvalue weighted by molar-refractivity contribution is -0.116. The molecule has 1 atom stereocenters. The van der Waals surface area contributed by atoms with Crippen LogP contribution in [0.15, 0.2) is 29.3 Å². The van der Waals surface area contributed by atoms with Crippen molar-refractivity contribution in [3.05, 3.63) is 29.8 Å². The molecule has 0 radical (unpaired) electrons. The van der Waals surface area contributed by atoms with Crippen molar-refractivity contribution >= 4 is 41.5 Å². The first-order chi connectivity index (χ1) is 12.1. The number of guanidine groups is 1. The van der Waals surface area contributed by atoms with Crippen molar-refractivity contribution < 1.29 is 9.53 Å². The van der Waals surface area contributed by atoms with E-state index in [0.717, 1.165) is 43.2 Å². The van der Waals surface area contributed by atoms with Gasteiger partial charge in [0.05, 0.1) is 6.10 Å². The summed E-state index contributed by atoms with van der Waals surface area (Å²) in [6.07, 6.45) is 3.04. The Morgan fingerprint density at radius 1 is 1.35 bits per heavy atom. The van der Waals surface area contributed by atoms with E-state index in [1.54, 1.807) is 7.05 Å². The summed E-state index contributed by atoms with van der Waals surface area (Å²) in [5.74, 6) is 1.15. The van der Waals surface area contributed by atoms with Gasteiger partial charge in [0, 0.05) is 38.9 Å². The van der Waals surface area contributed by atoms with Crippen LogP contribution >= 0.6 is 24.0 Å². The number of carbonyl (C=O) groups is 1. The highest BCUT2D eigenvalue weighted by Gasteiger charge is 2.15. The number of hydrogen-bond acceptors (Lipinski definition) is 3. The average molecular weight is 474 g/mol. The molecule has 1 saturated heterocycles. The SMILES string of the molecule is CN=C(NCc1cccc(NC(=O)CC(C)C)c1)NCC1CCCO1.I. The highest BCUT2D eigenvalue weighted by atomic mass is 127. The van der Waals surface area contributed by atoms with E-state index in [1.165, 1.54) is 0 Å². The van der Waals surface area contributed by atoms with E-state index in [0.29, 0.717) is 18.9 Å². The smallest absolute Gasteiger partial charge is 0.224 e. The summed E-state index contributed by atoms with van der Waals surface area (Å²) in [4.78, 5) is 16.1. The fraction of sp³-hybridized carbons (Fsp3) is 0.579. The van der Waals surface area contributed by atoms with Crippen LogP contribution in [0, 0.1) is 5.92 Å². The Labute approximate surface area is 173 Å². The van der Waals surface area contributed by atoms with Crippen LogP contribution in [0.3, 0.4) is 0 Å². The van der Waals surface area contributed by atoms with Gasteiger partial charge in [0.2, 0.25) is 5.91 Å². The Morgan fingerprint density at radius 2 is 2.15 bits per heavy atom. The minimum Gasteiger partial charge on any atom is -0.376 e. The number of nitrogens with zero attached hydrogens (tertiary/aromatic N) is 1. The summed E-state index contributed by atoms with van der Waals surface area (Å²) < 4.78 is 5.61. The van der Waals surface area contributed by atoms with E-state index >= 15 is 0 Å². The van der Waals surface area contributed by atoms with Crippen molar-refractivity contribution in [1.29, 1.82) is 0 Å². The minimum atomic E-state index is 0. The first-order valence-electron chi connectivity index (χ1n) is 9.01. The molecule has 146 valence electrons. The monoisotopic (exact) mass is 474 g/mol. The Hall–Kier alpha value is -1.35. The van der Waals surface area contributed by atoms with Crippen LogP contribution in [0.4, 0.5) is 5.69 Å². The normalized spacial score (nSPS) is 16.9. The molecule has 1 aliphatic heterocycles. The highest BCUT2D eigenvalue weighted by molar-refractivity contribution is 14.0. The molecule has 0 aromatic heterocycles. The lowest BCUT2D eigenvalue weighted by atomic mass is 10.1. The lowest BCUT2D eigenvalue weighted by Crippen LogP contribution is -2.40. The molecule has 1 aromatic carbocycles. The molecule has 1 heterocycles. The van der Waals surface area contributed by atoms with Gasteiger partial charge in [0.1, 0.15) is 0 Å². The summed E-state index contributed by atoms with van der Waals surface area (Å²) >= 11 is 0. The lowest BCUT2D eigenvalue weighted by Gasteiger charge is -2.15. The molecule has 1 amide bonds. The predicted molar refractivity (Wildman–Crippen MR) is 117 cm³/mol. The number of carbonyl (C=O) groups excluding carboxylic acids is 1. The number of nitrogens with one attached hydrogen (secondary N) is 3. The molecule has 0 bridgehead atoms. The predicted octanol–water partition coefficient (Wildman–Crippen LogP) is 3.13. The maximum atomic E-state index is 11.9. The second-order valence-electron chi connectivity index (χ2n) is 6.79. The van der Waals surface area contributed by atoms with Gasteiger partial charge in [-0.25, -0.2) is 0 Å². The first kappa shape index (κ1) is 22.7. The standard InChI is InChI=1S/C19H30N4O2.HI/c1-14(2)10-18(24)23-16-7-4-6-15(11-16)12-21-19(20-3)22-13-17-8-5-9-25-17;/h4,6-7,11,14,17H,5,8-10,12-13H2,1-3H3,(H,23,24)(H2,20,21,22);1H. The first-order valence-corrected chi connectivity index (χ1v) is 9.01. The molecule has 7 heteroatoms. The third-order valence-corrected chi connectivity index (χ3v) is 4.01. The third kappa shape index (κ3) is 8.35. The van der Waals surface area contributed by atoms with Crippen LogP contribution in [0.5, 0.6) is 0 Å².